The van der Waals surface area contributed by atoms with Gasteiger partial charge in [-0.3, -0.25) is 4.79 Å². The van der Waals surface area contributed by atoms with E-state index in [1.165, 1.54) is 0 Å². The van der Waals surface area contributed by atoms with Gasteiger partial charge in [-0.05, 0) is 25.3 Å². The number of carbonyl (C=O) groups is 2. The molecule has 5 nitrogen and oxygen atoms in total. The summed E-state index contributed by atoms with van der Waals surface area (Å²) in [5.41, 5.74) is 0. The number of rotatable bonds is 4. The molecule has 1 heterocycles. The third-order valence-corrected chi connectivity index (χ3v) is 2.90. The summed E-state index contributed by atoms with van der Waals surface area (Å²) in [4.78, 5) is 22.7. The predicted molar refractivity (Wildman–Crippen MR) is 60.0 cm³/mol. The van der Waals surface area contributed by atoms with Gasteiger partial charge in [-0.1, -0.05) is 13.8 Å². The van der Waals surface area contributed by atoms with Crippen molar-refractivity contribution in [3.8, 4) is 0 Å². The highest BCUT2D eigenvalue weighted by Gasteiger charge is 2.28. The molecule has 1 rings (SSSR count). The molecule has 3 N–H and O–H groups in total. The van der Waals surface area contributed by atoms with Crippen molar-refractivity contribution in [1.82, 2.24) is 10.6 Å². The quantitative estimate of drug-likeness (QED) is 0.643. The number of carboxylic acids is 1. The van der Waals surface area contributed by atoms with E-state index in [-0.39, 0.29) is 17.7 Å². The van der Waals surface area contributed by atoms with Crippen LogP contribution in [0.5, 0.6) is 0 Å². The largest absolute Gasteiger partial charge is 0.480 e. The number of carboxylic acid groups (broad SMARTS) is 1. The molecule has 0 radical (unpaired) electrons. The second kappa shape index (κ2) is 5.84. The van der Waals surface area contributed by atoms with Crippen molar-refractivity contribution in [2.24, 2.45) is 11.8 Å². The van der Waals surface area contributed by atoms with Crippen molar-refractivity contribution in [2.75, 3.05) is 13.1 Å². The molecule has 0 bridgehead atoms. The lowest BCUT2D eigenvalue weighted by atomic mass is 9.97. The first-order valence-corrected chi connectivity index (χ1v) is 5.76. The lowest BCUT2D eigenvalue weighted by Crippen LogP contribution is -2.49. The average molecular weight is 228 g/mol. The number of hydrogen-bond donors (Lipinski definition) is 3. The first kappa shape index (κ1) is 13.0. The number of carbonyl (C=O) groups excluding carboxylic acids is 1. The van der Waals surface area contributed by atoms with E-state index in [9.17, 15) is 9.59 Å². The molecule has 92 valence electrons. The van der Waals surface area contributed by atoms with Crippen molar-refractivity contribution in [1.29, 1.82) is 0 Å². The zero-order valence-electron chi connectivity index (χ0n) is 9.82. The molecule has 1 aliphatic rings. The summed E-state index contributed by atoms with van der Waals surface area (Å²) in [6.07, 6.45) is 1.81. The van der Waals surface area contributed by atoms with Gasteiger partial charge in [0.15, 0.2) is 0 Å². The minimum absolute atomic E-state index is 0.0886. The molecule has 16 heavy (non-hydrogen) atoms. The molecule has 2 atom stereocenters. The van der Waals surface area contributed by atoms with Gasteiger partial charge < -0.3 is 15.7 Å². The molecule has 5 heteroatoms. The van der Waals surface area contributed by atoms with Gasteiger partial charge in [-0.2, -0.15) is 0 Å². The first-order valence-electron chi connectivity index (χ1n) is 5.76. The molecule has 1 amide bonds. The molecule has 0 aromatic carbocycles. The van der Waals surface area contributed by atoms with Crippen LogP contribution in [0.2, 0.25) is 0 Å². The highest BCUT2D eigenvalue weighted by Crippen LogP contribution is 2.11. The van der Waals surface area contributed by atoms with E-state index in [0.717, 1.165) is 19.4 Å². The Labute approximate surface area is 95.6 Å². The molecular formula is C11H20N2O3. The van der Waals surface area contributed by atoms with Gasteiger partial charge in [0.1, 0.15) is 6.04 Å². The van der Waals surface area contributed by atoms with Crippen molar-refractivity contribution < 1.29 is 14.7 Å². The Morgan fingerprint density at radius 1 is 1.44 bits per heavy atom. The minimum Gasteiger partial charge on any atom is -0.480 e. The standard InChI is InChI=1S/C11H20N2O3/c1-7(2)9(11(15)16)13-10(14)8-4-3-5-12-6-8/h7-9,12H,3-6H2,1-2H3,(H,13,14)(H,15,16)/t8?,9-/m0/s1. The van der Waals surface area contributed by atoms with E-state index in [1.54, 1.807) is 13.8 Å². The van der Waals surface area contributed by atoms with E-state index in [2.05, 4.69) is 10.6 Å². The average Bonchev–Trinajstić information content (AvgIpc) is 2.25. The Kier molecular flexibility index (Phi) is 4.73. The molecular weight excluding hydrogens is 208 g/mol. The van der Waals surface area contributed by atoms with Gasteiger partial charge in [0.25, 0.3) is 0 Å². The topological polar surface area (TPSA) is 78.4 Å². The van der Waals surface area contributed by atoms with Crippen molar-refractivity contribution in [3.05, 3.63) is 0 Å². The maximum Gasteiger partial charge on any atom is 0.326 e. The fourth-order valence-electron chi connectivity index (χ4n) is 1.86. The van der Waals surface area contributed by atoms with E-state index in [0.29, 0.717) is 6.54 Å². The number of nitrogens with one attached hydrogen (secondary N) is 2. The molecule has 0 spiro atoms. The van der Waals surface area contributed by atoms with Crippen LogP contribution in [-0.4, -0.2) is 36.1 Å². The summed E-state index contributed by atoms with van der Waals surface area (Å²) < 4.78 is 0. The lowest BCUT2D eigenvalue weighted by molar-refractivity contribution is -0.143. The molecule has 0 saturated carbocycles. The highest BCUT2D eigenvalue weighted by atomic mass is 16.4. The summed E-state index contributed by atoms with van der Waals surface area (Å²) in [6.45, 7) is 5.17. The fraction of sp³-hybridized carbons (Fsp3) is 0.818. The molecule has 1 aliphatic heterocycles. The van der Waals surface area contributed by atoms with Crippen molar-refractivity contribution in [3.63, 3.8) is 0 Å². The maximum atomic E-state index is 11.8. The van der Waals surface area contributed by atoms with Crippen LogP contribution in [0, 0.1) is 11.8 Å². The van der Waals surface area contributed by atoms with Gasteiger partial charge in [0.2, 0.25) is 5.91 Å². The molecule has 0 aromatic heterocycles. The van der Waals surface area contributed by atoms with Crippen LogP contribution < -0.4 is 10.6 Å². The van der Waals surface area contributed by atoms with Crippen LogP contribution in [0.3, 0.4) is 0 Å². The first-order chi connectivity index (χ1) is 7.52. The second-order valence-corrected chi connectivity index (χ2v) is 4.61. The summed E-state index contributed by atoms with van der Waals surface area (Å²) in [5, 5.41) is 14.7. The van der Waals surface area contributed by atoms with Gasteiger partial charge in [0, 0.05) is 6.54 Å². The number of hydrogen-bond acceptors (Lipinski definition) is 3. The normalized spacial score (nSPS) is 22.8. The molecule has 1 unspecified atom stereocenters. The summed E-state index contributed by atoms with van der Waals surface area (Å²) in [6, 6.07) is -0.783. The zero-order valence-corrected chi connectivity index (χ0v) is 9.82. The lowest BCUT2D eigenvalue weighted by Gasteiger charge is -2.25. The third-order valence-electron chi connectivity index (χ3n) is 2.90. The van der Waals surface area contributed by atoms with Crippen molar-refractivity contribution >= 4 is 11.9 Å². The molecule has 1 fully saturated rings. The van der Waals surface area contributed by atoms with Gasteiger partial charge >= 0.3 is 5.97 Å². The Morgan fingerprint density at radius 3 is 2.56 bits per heavy atom. The Balaban J connectivity index is 2.50. The molecule has 1 saturated heterocycles. The summed E-state index contributed by atoms with van der Waals surface area (Å²) >= 11 is 0. The Bertz CT molecular complexity index is 260. The second-order valence-electron chi connectivity index (χ2n) is 4.61. The van der Waals surface area contributed by atoms with E-state index in [1.807, 2.05) is 0 Å². The predicted octanol–water partition coefficient (Wildman–Crippen LogP) is 0.211. The summed E-state index contributed by atoms with van der Waals surface area (Å²) in [7, 11) is 0. The van der Waals surface area contributed by atoms with Crippen LogP contribution in [-0.2, 0) is 9.59 Å². The monoisotopic (exact) mass is 228 g/mol. The van der Waals surface area contributed by atoms with E-state index in [4.69, 9.17) is 5.11 Å². The van der Waals surface area contributed by atoms with Crippen LogP contribution in [0.15, 0.2) is 0 Å². The zero-order chi connectivity index (χ0) is 12.1. The Morgan fingerprint density at radius 2 is 2.12 bits per heavy atom. The van der Waals surface area contributed by atoms with Crippen molar-refractivity contribution in [2.45, 2.75) is 32.7 Å². The van der Waals surface area contributed by atoms with Crippen LogP contribution in [0.1, 0.15) is 26.7 Å². The number of aliphatic carboxylic acids is 1. The Hall–Kier alpha value is -1.10. The SMILES string of the molecule is CC(C)[C@H](NC(=O)C1CCCNC1)C(=O)O. The molecule has 0 aliphatic carbocycles. The minimum atomic E-state index is -0.966. The van der Waals surface area contributed by atoms with Crippen LogP contribution in [0.25, 0.3) is 0 Å². The maximum absolute atomic E-state index is 11.8. The third kappa shape index (κ3) is 3.48. The van der Waals surface area contributed by atoms with Gasteiger partial charge in [0.05, 0.1) is 5.92 Å². The summed E-state index contributed by atoms with van der Waals surface area (Å²) in [5.74, 6) is -1.30. The fourth-order valence-corrected chi connectivity index (χ4v) is 1.86. The van der Waals surface area contributed by atoms with Gasteiger partial charge in [-0.25, -0.2) is 4.79 Å². The number of amides is 1. The van der Waals surface area contributed by atoms with Crippen LogP contribution >= 0.6 is 0 Å². The van der Waals surface area contributed by atoms with E-state index >= 15 is 0 Å². The molecule has 0 aromatic rings. The smallest absolute Gasteiger partial charge is 0.326 e. The highest BCUT2D eigenvalue weighted by molar-refractivity contribution is 5.85. The number of piperidine rings is 1. The van der Waals surface area contributed by atoms with Gasteiger partial charge in [-0.15, -0.1) is 0 Å². The van der Waals surface area contributed by atoms with E-state index < -0.39 is 12.0 Å². The van der Waals surface area contributed by atoms with Crippen LogP contribution in [0.4, 0.5) is 0 Å².